The second kappa shape index (κ2) is 5.62. The zero-order valence-electron chi connectivity index (χ0n) is 14.6. The quantitative estimate of drug-likeness (QED) is 0.809. The zero-order chi connectivity index (χ0) is 16.3. The molecule has 6 rings (SSSR count). The molecule has 24 heavy (non-hydrogen) atoms. The predicted octanol–water partition coefficient (Wildman–Crippen LogP) is 3.28. The molecule has 1 unspecified atom stereocenters. The van der Waals surface area contributed by atoms with E-state index in [0.29, 0.717) is 27.1 Å². The Hall–Kier alpha value is -0.762. The first-order valence-electron chi connectivity index (χ1n) is 9.62. The van der Waals surface area contributed by atoms with Crippen LogP contribution < -0.4 is 10.6 Å². The van der Waals surface area contributed by atoms with Crippen LogP contribution in [-0.2, 0) is 5.41 Å². The number of hydrogen-bond donors (Lipinski definition) is 1. The summed E-state index contributed by atoms with van der Waals surface area (Å²) in [5, 5.41) is 0. The Morgan fingerprint density at radius 3 is 2.38 bits per heavy atom. The third-order valence-electron chi connectivity index (χ3n) is 7.16. The van der Waals surface area contributed by atoms with E-state index in [1.165, 1.54) is 57.2 Å². The van der Waals surface area contributed by atoms with Crippen LogP contribution in [0, 0.1) is 17.8 Å². The zero-order valence-corrected chi connectivity index (χ0v) is 16.5. The van der Waals surface area contributed by atoms with E-state index in [2.05, 4.69) is 21.7 Å². The first-order valence-corrected chi connectivity index (χ1v) is 12.6. The molecule has 1 aliphatic heterocycles. The summed E-state index contributed by atoms with van der Waals surface area (Å²) in [6.07, 6.45) is 9.78. The van der Waals surface area contributed by atoms with Gasteiger partial charge in [-0.05, 0) is 0 Å². The summed E-state index contributed by atoms with van der Waals surface area (Å²) in [5.41, 5.74) is 10.1. The molecule has 5 heteroatoms. The van der Waals surface area contributed by atoms with Gasteiger partial charge in [0.15, 0.2) is 0 Å². The Morgan fingerprint density at radius 2 is 1.79 bits per heavy atom. The third-order valence-corrected chi connectivity index (χ3v) is 9.58. The van der Waals surface area contributed by atoms with Crippen molar-refractivity contribution in [3.8, 4) is 0 Å². The molecule has 1 saturated heterocycles. The molecule has 4 bridgehead atoms. The number of nitrogens with zero attached hydrogens (tertiary/aromatic N) is 3. The van der Waals surface area contributed by atoms with E-state index in [4.69, 9.17) is 10.7 Å². The number of aromatic nitrogens is 2. The molecule has 1 radical (unpaired) electrons. The molecular formula is C19H28AsN4. The van der Waals surface area contributed by atoms with Crippen LogP contribution in [0.2, 0.25) is 10.4 Å². The maximum absolute atomic E-state index is 6.17. The standard InChI is InChI=1S/C19H28AsN4/c1-20-15-2-3-24(11-15)17-7-16(22-18(21)23-17)19-8-12-4-13(9-19)6-14(5-12)10-19/h7,12-15H,2-6,8-11H2,1H3,(H2,21,22,23). The molecule has 1 aromatic rings. The van der Waals surface area contributed by atoms with Crippen LogP contribution in [0.4, 0.5) is 11.8 Å². The summed E-state index contributed by atoms with van der Waals surface area (Å²) < 4.78 is 0.903. The number of anilines is 2. The summed E-state index contributed by atoms with van der Waals surface area (Å²) in [7, 11) is 0. The summed E-state index contributed by atoms with van der Waals surface area (Å²) in [4.78, 5) is 11.9. The van der Waals surface area contributed by atoms with Crippen molar-refractivity contribution < 1.29 is 0 Å². The maximum atomic E-state index is 6.17. The van der Waals surface area contributed by atoms with E-state index < -0.39 is 0 Å². The van der Waals surface area contributed by atoms with Crippen LogP contribution in [0.5, 0.6) is 0 Å². The molecule has 5 aliphatic rings. The molecule has 2 heterocycles. The Morgan fingerprint density at radius 1 is 1.12 bits per heavy atom. The number of rotatable bonds is 3. The van der Waals surface area contributed by atoms with Gasteiger partial charge in [-0.25, -0.2) is 0 Å². The van der Waals surface area contributed by atoms with E-state index in [1.807, 2.05) is 0 Å². The molecule has 4 saturated carbocycles. The van der Waals surface area contributed by atoms with Crippen LogP contribution >= 0.6 is 0 Å². The summed E-state index contributed by atoms with van der Waals surface area (Å²) >= 11 is 0.467. The molecule has 2 N–H and O–H groups in total. The van der Waals surface area contributed by atoms with Crippen LogP contribution in [-0.4, -0.2) is 38.8 Å². The van der Waals surface area contributed by atoms with E-state index in [0.717, 1.165) is 34.8 Å². The fourth-order valence-corrected chi connectivity index (χ4v) is 8.01. The minimum absolute atomic E-state index is 0.316. The van der Waals surface area contributed by atoms with Crippen LogP contribution in [0.15, 0.2) is 6.07 Å². The molecule has 4 aliphatic carbocycles. The average Bonchev–Trinajstić information content (AvgIpc) is 3.02. The van der Waals surface area contributed by atoms with Crippen molar-refractivity contribution in [3.63, 3.8) is 0 Å². The second-order valence-electron chi connectivity index (χ2n) is 8.81. The van der Waals surface area contributed by atoms with Crippen LogP contribution in [0.1, 0.15) is 50.6 Å². The molecule has 1 aromatic heterocycles. The molecule has 0 amide bonds. The van der Waals surface area contributed by atoms with Gasteiger partial charge in [0.25, 0.3) is 0 Å². The normalized spacial score (nSPS) is 41.0. The first-order chi connectivity index (χ1) is 11.6. The second-order valence-corrected chi connectivity index (χ2v) is 11.4. The number of nitrogen functional groups attached to an aromatic ring is 1. The molecule has 1 atom stereocenters. The number of nitrogens with two attached hydrogens (primary N) is 1. The van der Waals surface area contributed by atoms with E-state index in [-0.39, 0.29) is 0 Å². The van der Waals surface area contributed by atoms with Gasteiger partial charge in [-0.3, -0.25) is 0 Å². The monoisotopic (exact) mass is 387 g/mol. The van der Waals surface area contributed by atoms with Gasteiger partial charge in [0.2, 0.25) is 0 Å². The molecule has 129 valence electrons. The van der Waals surface area contributed by atoms with Gasteiger partial charge in [0.05, 0.1) is 0 Å². The average molecular weight is 387 g/mol. The van der Waals surface area contributed by atoms with Crippen molar-refractivity contribution in [2.24, 2.45) is 17.8 Å². The Kier molecular flexibility index (Phi) is 3.63. The first kappa shape index (κ1) is 15.5. The minimum atomic E-state index is 0.316. The fourth-order valence-electron chi connectivity index (χ4n) is 6.47. The Bertz CT molecular complexity index is 611. The molecule has 0 aromatic carbocycles. The van der Waals surface area contributed by atoms with Crippen LogP contribution in [0.3, 0.4) is 0 Å². The Labute approximate surface area is 151 Å². The SMILES string of the molecule is C[As]C1CCN(c2cc(C34CC5CC(CC(C5)C3)C4)nc(N)n2)C1. The summed E-state index contributed by atoms with van der Waals surface area (Å²) in [5.74, 6) is 4.42. The summed E-state index contributed by atoms with van der Waals surface area (Å²) in [6.45, 7) is 2.32. The van der Waals surface area contributed by atoms with Gasteiger partial charge >= 0.3 is 152 Å². The van der Waals surface area contributed by atoms with Crippen molar-refractivity contribution in [1.82, 2.24) is 9.97 Å². The van der Waals surface area contributed by atoms with E-state index >= 15 is 0 Å². The molecule has 5 fully saturated rings. The van der Waals surface area contributed by atoms with Gasteiger partial charge in [-0.1, -0.05) is 0 Å². The van der Waals surface area contributed by atoms with Gasteiger partial charge in [-0.2, -0.15) is 0 Å². The molecule has 0 spiro atoms. The predicted molar refractivity (Wildman–Crippen MR) is 98.5 cm³/mol. The van der Waals surface area contributed by atoms with Gasteiger partial charge in [0, 0.05) is 0 Å². The van der Waals surface area contributed by atoms with Gasteiger partial charge in [0.1, 0.15) is 0 Å². The van der Waals surface area contributed by atoms with Crippen LogP contribution in [0.25, 0.3) is 0 Å². The van der Waals surface area contributed by atoms with Crippen molar-refractivity contribution in [2.45, 2.75) is 60.8 Å². The van der Waals surface area contributed by atoms with E-state index in [1.54, 1.807) is 0 Å². The van der Waals surface area contributed by atoms with Crippen molar-refractivity contribution in [1.29, 1.82) is 0 Å². The van der Waals surface area contributed by atoms with E-state index in [9.17, 15) is 0 Å². The topological polar surface area (TPSA) is 55.0 Å². The summed E-state index contributed by atoms with van der Waals surface area (Å²) in [6, 6.07) is 2.32. The van der Waals surface area contributed by atoms with Crippen molar-refractivity contribution in [2.75, 3.05) is 23.7 Å². The van der Waals surface area contributed by atoms with Crippen molar-refractivity contribution in [3.05, 3.63) is 11.8 Å². The Balaban J connectivity index is 1.48. The molecule has 4 nitrogen and oxygen atoms in total. The number of hydrogen-bond acceptors (Lipinski definition) is 4. The van der Waals surface area contributed by atoms with Gasteiger partial charge < -0.3 is 0 Å². The third kappa shape index (κ3) is 2.48. The van der Waals surface area contributed by atoms with Gasteiger partial charge in [-0.15, -0.1) is 0 Å². The fraction of sp³-hybridized carbons (Fsp3) is 0.789. The molecular weight excluding hydrogens is 359 g/mol. The van der Waals surface area contributed by atoms with Crippen molar-refractivity contribution >= 4 is 27.5 Å².